The van der Waals surface area contributed by atoms with Crippen LogP contribution >= 0.6 is 15.9 Å². The maximum atomic E-state index is 6.32. The van der Waals surface area contributed by atoms with E-state index in [4.69, 9.17) is 15.6 Å². The van der Waals surface area contributed by atoms with Crippen molar-refractivity contribution in [2.75, 3.05) is 7.05 Å². The van der Waals surface area contributed by atoms with Crippen molar-refractivity contribution in [1.82, 2.24) is 5.06 Å². The predicted molar refractivity (Wildman–Crippen MR) is 90.1 cm³/mol. The third kappa shape index (κ3) is 1.81. The van der Waals surface area contributed by atoms with E-state index >= 15 is 0 Å². The summed E-state index contributed by atoms with van der Waals surface area (Å²) in [5, 5.41) is 1.63. The molecule has 5 heteroatoms. The number of nitrogens with two attached hydrogens (primary N) is 1. The van der Waals surface area contributed by atoms with Gasteiger partial charge in [0.25, 0.3) is 0 Å². The van der Waals surface area contributed by atoms with Crippen LogP contribution in [-0.4, -0.2) is 18.1 Å². The van der Waals surface area contributed by atoms with Crippen LogP contribution in [0.1, 0.15) is 43.7 Å². The molecule has 1 saturated carbocycles. The summed E-state index contributed by atoms with van der Waals surface area (Å²) in [5.41, 5.74) is 8.03. The van der Waals surface area contributed by atoms with E-state index in [2.05, 4.69) is 41.1 Å². The number of halogens is 1. The summed E-state index contributed by atoms with van der Waals surface area (Å²) in [7, 11) is 1.85. The Morgan fingerprint density at radius 2 is 2.09 bits per heavy atom. The van der Waals surface area contributed by atoms with E-state index in [1.807, 2.05) is 7.05 Å². The Morgan fingerprint density at radius 3 is 2.73 bits per heavy atom. The summed E-state index contributed by atoms with van der Waals surface area (Å²) < 4.78 is 1.07. The highest BCUT2D eigenvalue weighted by molar-refractivity contribution is 9.10. The molecule has 1 aromatic rings. The molecule has 0 bridgehead atoms. The van der Waals surface area contributed by atoms with Crippen molar-refractivity contribution in [1.29, 1.82) is 0 Å². The Labute approximate surface area is 139 Å². The van der Waals surface area contributed by atoms with Crippen LogP contribution in [0.5, 0.6) is 0 Å². The molecule has 4 nitrogen and oxygen atoms in total. The maximum Gasteiger partial charge on any atom is 0.220 e. The molecule has 1 fully saturated rings. The molecule has 0 aromatic heterocycles. The minimum atomic E-state index is -0.634. The van der Waals surface area contributed by atoms with Gasteiger partial charge in [0.1, 0.15) is 0 Å². The van der Waals surface area contributed by atoms with Gasteiger partial charge < -0.3 is 5.73 Å². The van der Waals surface area contributed by atoms with Crippen molar-refractivity contribution < 1.29 is 4.84 Å². The van der Waals surface area contributed by atoms with Crippen molar-refractivity contribution in [2.45, 2.75) is 44.8 Å². The molecule has 2 N–H and O–H groups in total. The molecule has 0 radical (unpaired) electrons. The lowest BCUT2D eigenvalue weighted by molar-refractivity contribution is -0.230. The van der Waals surface area contributed by atoms with Crippen molar-refractivity contribution in [3.8, 4) is 0 Å². The summed E-state index contributed by atoms with van der Waals surface area (Å²) in [4.78, 5) is 11.2. The average molecular weight is 364 g/mol. The number of hydroxylamine groups is 2. The summed E-state index contributed by atoms with van der Waals surface area (Å²) >= 11 is 3.60. The van der Waals surface area contributed by atoms with Gasteiger partial charge in [-0.3, -0.25) is 0 Å². The zero-order valence-corrected chi connectivity index (χ0v) is 14.7. The Hall–Kier alpha value is -1.07. The number of rotatable bonds is 0. The van der Waals surface area contributed by atoms with Crippen LogP contribution in [0.25, 0.3) is 0 Å². The van der Waals surface area contributed by atoms with Gasteiger partial charge in [-0.05, 0) is 55.7 Å². The number of fused-ring (bicyclic) bond motifs is 3. The first-order valence-corrected chi connectivity index (χ1v) is 8.82. The first-order chi connectivity index (χ1) is 10.5. The van der Waals surface area contributed by atoms with Gasteiger partial charge in [-0.2, -0.15) is 0 Å². The fourth-order valence-electron chi connectivity index (χ4n) is 4.44. The van der Waals surface area contributed by atoms with Crippen LogP contribution in [0, 0.1) is 11.3 Å². The molecule has 0 saturated heterocycles. The standard InChI is InChI=1S/C17H22BrN3O/c1-11-5-7-16(8-6-11)10-12-3-4-13(18)9-14(12)17(16)20-15(19)21(2)22-17/h3-4,9,11H,5-8,10H2,1-2H3,(H2,19,20). The number of guanidine groups is 1. The van der Waals surface area contributed by atoms with E-state index in [0.717, 1.165) is 29.7 Å². The van der Waals surface area contributed by atoms with Crippen molar-refractivity contribution in [3.63, 3.8) is 0 Å². The average Bonchev–Trinajstić information content (AvgIpc) is 2.92. The lowest BCUT2D eigenvalue weighted by atomic mass is 9.65. The molecule has 1 aromatic carbocycles. The normalized spacial score (nSPS) is 37.0. The molecule has 1 aliphatic heterocycles. The van der Waals surface area contributed by atoms with Crippen molar-refractivity contribution in [3.05, 3.63) is 33.8 Å². The molecule has 0 amide bonds. The molecule has 4 rings (SSSR count). The van der Waals surface area contributed by atoms with Crippen LogP contribution in [-0.2, 0) is 17.0 Å². The summed E-state index contributed by atoms with van der Waals surface area (Å²) in [5.74, 6) is 1.27. The SMILES string of the molecule is CC1CCC2(CC1)Cc1ccc(Br)cc1C21N=C(N)N(C)O1. The summed E-state index contributed by atoms with van der Waals surface area (Å²) in [6, 6.07) is 6.49. The maximum absolute atomic E-state index is 6.32. The molecule has 1 unspecified atom stereocenters. The second-order valence-electron chi connectivity index (χ2n) is 7.14. The van der Waals surface area contributed by atoms with Crippen molar-refractivity contribution in [2.24, 2.45) is 22.1 Å². The monoisotopic (exact) mass is 363 g/mol. The van der Waals surface area contributed by atoms with Crippen LogP contribution in [0.2, 0.25) is 0 Å². The first kappa shape index (κ1) is 14.5. The summed E-state index contributed by atoms with van der Waals surface area (Å²) in [6.07, 6.45) is 5.79. The van der Waals surface area contributed by atoms with Crippen molar-refractivity contribution >= 4 is 21.9 Å². The van der Waals surface area contributed by atoms with E-state index in [-0.39, 0.29) is 5.41 Å². The number of hydrogen-bond acceptors (Lipinski definition) is 4. The third-order valence-corrected chi connectivity index (χ3v) is 6.27. The topological polar surface area (TPSA) is 50.8 Å². The molecule has 2 spiro atoms. The number of benzene rings is 1. The number of hydrogen-bond donors (Lipinski definition) is 1. The lowest BCUT2D eigenvalue weighted by Gasteiger charge is -2.44. The second kappa shape index (κ2) is 4.71. The fourth-order valence-corrected chi connectivity index (χ4v) is 4.80. The predicted octanol–water partition coefficient (Wildman–Crippen LogP) is 3.55. The number of aliphatic imine (C=N–C) groups is 1. The molecule has 3 aliphatic rings. The van der Waals surface area contributed by atoms with Gasteiger partial charge in [-0.1, -0.05) is 28.9 Å². The summed E-state index contributed by atoms with van der Waals surface area (Å²) in [6.45, 7) is 2.34. The van der Waals surface area contributed by atoms with E-state index in [1.54, 1.807) is 5.06 Å². The van der Waals surface area contributed by atoms with E-state index in [1.165, 1.54) is 24.0 Å². The molecular formula is C17H22BrN3O. The first-order valence-electron chi connectivity index (χ1n) is 8.03. The van der Waals surface area contributed by atoms with Gasteiger partial charge in [0.2, 0.25) is 11.7 Å². The molecule has 118 valence electrons. The van der Waals surface area contributed by atoms with Crippen LogP contribution in [0.15, 0.2) is 27.7 Å². The van der Waals surface area contributed by atoms with Gasteiger partial charge in [0.15, 0.2) is 0 Å². The van der Waals surface area contributed by atoms with Gasteiger partial charge in [-0.15, -0.1) is 0 Å². The van der Waals surface area contributed by atoms with E-state index in [9.17, 15) is 0 Å². The van der Waals surface area contributed by atoms with Crippen LogP contribution in [0.3, 0.4) is 0 Å². The molecular weight excluding hydrogens is 342 g/mol. The van der Waals surface area contributed by atoms with E-state index in [0.29, 0.717) is 5.96 Å². The zero-order valence-electron chi connectivity index (χ0n) is 13.1. The molecule has 2 aliphatic carbocycles. The van der Waals surface area contributed by atoms with Gasteiger partial charge in [0, 0.05) is 22.5 Å². The van der Waals surface area contributed by atoms with Crippen LogP contribution in [0.4, 0.5) is 0 Å². The zero-order chi connectivity index (χ0) is 15.5. The highest BCUT2D eigenvalue weighted by atomic mass is 79.9. The third-order valence-electron chi connectivity index (χ3n) is 5.78. The number of nitrogens with zero attached hydrogens (tertiary/aromatic N) is 2. The quantitative estimate of drug-likeness (QED) is 0.766. The highest BCUT2D eigenvalue weighted by Gasteiger charge is 2.63. The Bertz CT molecular complexity index is 651. The van der Waals surface area contributed by atoms with Gasteiger partial charge >= 0.3 is 0 Å². The largest absolute Gasteiger partial charge is 0.368 e. The molecule has 1 heterocycles. The van der Waals surface area contributed by atoms with Gasteiger partial charge in [0.05, 0.1) is 0 Å². The Morgan fingerprint density at radius 1 is 1.36 bits per heavy atom. The second-order valence-corrected chi connectivity index (χ2v) is 8.06. The minimum absolute atomic E-state index is 0.0397. The van der Waals surface area contributed by atoms with Crippen LogP contribution < -0.4 is 5.73 Å². The Balaban J connectivity index is 1.88. The Kier molecular flexibility index (Phi) is 3.11. The fraction of sp³-hybridized carbons (Fsp3) is 0.588. The highest BCUT2D eigenvalue weighted by Crippen LogP contribution is 2.62. The van der Waals surface area contributed by atoms with Gasteiger partial charge in [-0.25, -0.2) is 14.9 Å². The minimum Gasteiger partial charge on any atom is -0.368 e. The molecule has 22 heavy (non-hydrogen) atoms. The smallest absolute Gasteiger partial charge is 0.220 e. The van der Waals surface area contributed by atoms with E-state index < -0.39 is 5.72 Å². The molecule has 1 atom stereocenters. The lowest BCUT2D eigenvalue weighted by Crippen LogP contribution is -2.45.